The van der Waals surface area contributed by atoms with Crippen LogP contribution in [0.2, 0.25) is 0 Å². The van der Waals surface area contributed by atoms with Crippen LogP contribution in [0.5, 0.6) is 11.6 Å². The Labute approximate surface area is 198 Å². The van der Waals surface area contributed by atoms with E-state index < -0.39 is 11.6 Å². The highest BCUT2D eigenvalue weighted by molar-refractivity contribution is 5.73. The van der Waals surface area contributed by atoms with Gasteiger partial charge in [0, 0.05) is 36.1 Å². The molecule has 178 valence electrons. The van der Waals surface area contributed by atoms with Gasteiger partial charge in [-0.1, -0.05) is 0 Å². The molecule has 5 rings (SSSR count). The largest absolute Gasteiger partial charge is 0.494 e. The molecule has 2 aliphatic rings. The van der Waals surface area contributed by atoms with Gasteiger partial charge in [0.2, 0.25) is 5.88 Å². The second kappa shape index (κ2) is 9.34. The molecule has 0 saturated heterocycles. The van der Waals surface area contributed by atoms with Crippen molar-refractivity contribution in [3.8, 4) is 22.8 Å². The van der Waals surface area contributed by atoms with Crippen molar-refractivity contribution in [3.63, 3.8) is 0 Å². The summed E-state index contributed by atoms with van der Waals surface area (Å²) < 4.78 is 41.1. The zero-order chi connectivity index (χ0) is 23.8. The van der Waals surface area contributed by atoms with Crippen molar-refractivity contribution < 1.29 is 23.4 Å². The number of hydrogen-bond acceptors (Lipinski definition) is 4. The van der Waals surface area contributed by atoms with E-state index in [-0.39, 0.29) is 18.8 Å². The van der Waals surface area contributed by atoms with E-state index in [1.807, 2.05) is 38.2 Å². The predicted octanol–water partition coefficient (Wildman–Crippen LogP) is 6.03. The van der Waals surface area contributed by atoms with Gasteiger partial charge in [0.15, 0.2) is 0 Å². The summed E-state index contributed by atoms with van der Waals surface area (Å²) in [6.07, 6.45) is 5.65. The third kappa shape index (κ3) is 4.51. The molecule has 4 nitrogen and oxygen atoms in total. The first kappa shape index (κ1) is 22.8. The van der Waals surface area contributed by atoms with E-state index in [1.165, 1.54) is 23.6 Å². The number of hydrogen-bond donors (Lipinski definition) is 1. The lowest BCUT2D eigenvalue weighted by Crippen LogP contribution is -2.04. The fraction of sp³-hybridized carbons (Fsp3) is 0.393. The molecule has 1 heterocycles. The number of ether oxygens (including phenoxy) is 2. The number of aliphatic hydroxyl groups is 1. The first-order valence-electron chi connectivity index (χ1n) is 11.9. The van der Waals surface area contributed by atoms with Gasteiger partial charge >= 0.3 is 0 Å². The topological polar surface area (TPSA) is 51.6 Å². The number of nitrogens with zero attached hydrogens (tertiary/aromatic N) is 1. The molecule has 0 amide bonds. The molecule has 0 spiro atoms. The molecule has 1 N–H and O–H groups in total. The standard InChI is InChI=1S/C28H29F2NO3/c1-16-7-21(33-6-4-3-5-32)8-17(2)28(16)23-11-20(25(29)13-26(23)30)15-34-27-12-19-9-18-10-22(18)24(19)14-31-27/h7-8,11-14,18,22,32H,3-6,9-10,15H2,1-2H3. The third-order valence-corrected chi connectivity index (χ3v) is 6.91. The first-order chi connectivity index (χ1) is 16.4. The molecular weight excluding hydrogens is 436 g/mol. The number of aryl methyl sites for hydroxylation is 2. The maximum absolute atomic E-state index is 14.9. The molecule has 2 unspecified atom stereocenters. The molecule has 2 aromatic carbocycles. The summed E-state index contributed by atoms with van der Waals surface area (Å²) in [6.45, 7) is 4.40. The molecule has 0 radical (unpaired) electrons. The van der Waals surface area contributed by atoms with E-state index >= 15 is 0 Å². The monoisotopic (exact) mass is 465 g/mol. The van der Waals surface area contributed by atoms with Crippen molar-refractivity contribution in [1.82, 2.24) is 4.98 Å². The van der Waals surface area contributed by atoms with E-state index in [0.717, 1.165) is 41.5 Å². The maximum Gasteiger partial charge on any atom is 0.213 e. The van der Waals surface area contributed by atoms with Gasteiger partial charge in [-0.3, -0.25) is 0 Å². The van der Waals surface area contributed by atoms with Crippen LogP contribution in [0, 0.1) is 31.4 Å². The van der Waals surface area contributed by atoms with Crippen molar-refractivity contribution in [1.29, 1.82) is 0 Å². The summed E-state index contributed by atoms with van der Waals surface area (Å²) in [6, 6.07) is 8.14. The SMILES string of the molecule is Cc1cc(OCCCCO)cc(C)c1-c1cc(COc2cc3c(cn2)C2CC2C3)c(F)cc1F. The molecule has 6 heteroatoms. The van der Waals surface area contributed by atoms with Crippen LogP contribution in [0.4, 0.5) is 8.78 Å². The van der Waals surface area contributed by atoms with E-state index in [4.69, 9.17) is 14.6 Å². The number of benzene rings is 2. The van der Waals surface area contributed by atoms with Gasteiger partial charge in [0.05, 0.1) is 6.61 Å². The molecular formula is C28H29F2NO3. The number of pyridine rings is 1. The molecule has 3 aromatic rings. The summed E-state index contributed by atoms with van der Waals surface area (Å²) in [5, 5.41) is 8.90. The van der Waals surface area contributed by atoms with Gasteiger partial charge in [-0.15, -0.1) is 0 Å². The minimum atomic E-state index is -0.636. The molecule has 1 aromatic heterocycles. The Hall–Kier alpha value is -2.99. The van der Waals surface area contributed by atoms with Crippen LogP contribution >= 0.6 is 0 Å². The molecule has 34 heavy (non-hydrogen) atoms. The zero-order valence-electron chi connectivity index (χ0n) is 19.5. The molecule has 1 saturated carbocycles. The predicted molar refractivity (Wildman–Crippen MR) is 126 cm³/mol. The lowest BCUT2D eigenvalue weighted by Gasteiger charge is -2.16. The Balaban J connectivity index is 1.35. The smallest absolute Gasteiger partial charge is 0.213 e. The van der Waals surface area contributed by atoms with Gasteiger partial charge in [0.1, 0.15) is 24.0 Å². The van der Waals surface area contributed by atoms with E-state index in [0.29, 0.717) is 36.1 Å². The average Bonchev–Trinajstić information content (AvgIpc) is 3.47. The van der Waals surface area contributed by atoms with Crippen LogP contribution < -0.4 is 9.47 Å². The Morgan fingerprint density at radius 1 is 1.00 bits per heavy atom. The van der Waals surface area contributed by atoms with E-state index in [9.17, 15) is 8.78 Å². The highest BCUT2D eigenvalue weighted by atomic mass is 19.1. The van der Waals surface area contributed by atoms with Crippen molar-refractivity contribution in [2.45, 2.75) is 52.1 Å². The number of fused-ring (bicyclic) bond motifs is 3. The first-order valence-corrected chi connectivity index (χ1v) is 11.9. The number of aromatic nitrogens is 1. The van der Waals surface area contributed by atoms with Gasteiger partial charge in [-0.25, -0.2) is 13.8 Å². The Kier molecular flexibility index (Phi) is 6.26. The van der Waals surface area contributed by atoms with Crippen LogP contribution in [0.25, 0.3) is 11.1 Å². The molecule has 0 bridgehead atoms. The fourth-order valence-corrected chi connectivity index (χ4v) is 5.10. The summed E-state index contributed by atoms with van der Waals surface area (Å²) >= 11 is 0. The van der Waals surface area contributed by atoms with Crippen molar-refractivity contribution in [3.05, 3.63) is 76.0 Å². The van der Waals surface area contributed by atoms with Gasteiger partial charge < -0.3 is 14.6 Å². The van der Waals surface area contributed by atoms with Crippen molar-refractivity contribution in [2.75, 3.05) is 13.2 Å². The van der Waals surface area contributed by atoms with Crippen molar-refractivity contribution >= 4 is 0 Å². The third-order valence-electron chi connectivity index (χ3n) is 6.91. The Morgan fingerprint density at radius 2 is 1.79 bits per heavy atom. The maximum atomic E-state index is 14.9. The van der Waals surface area contributed by atoms with Crippen LogP contribution in [0.3, 0.4) is 0 Å². The minimum Gasteiger partial charge on any atom is -0.494 e. The number of unbranched alkanes of at least 4 members (excludes halogenated alkanes) is 1. The Morgan fingerprint density at radius 3 is 2.56 bits per heavy atom. The van der Waals surface area contributed by atoms with E-state index in [2.05, 4.69) is 4.98 Å². The Bertz CT molecular complexity index is 1200. The van der Waals surface area contributed by atoms with Crippen LogP contribution in [0.1, 0.15) is 53.0 Å². The van der Waals surface area contributed by atoms with Gasteiger partial charge in [0.25, 0.3) is 0 Å². The number of rotatable bonds is 9. The van der Waals surface area contributed by atoms with Crippen LogP contribution in [0.15, 0.2) is 36.5 Å². The average molecular weight is 466 g/mol. The molecule has 2 aliphatic carbocycles. The lowest BCUT2D eigenvalue weighted by atomic mass is 9.93. The normalized spacial score (nSPS) is 17.9. The van der Waals surface area contributed by atoms with Crippen molar-refractivity contribution in [2.24, 2.45) is 5.92 Å². The summed E-state index contributed by atoms with van der Waals surface area (Å²) in [7, 11) is 0. The molecule has 1 fully saturated rings. The summed E-state index contributed by atoms with van der Waals surface area (Å²) in [5.41, 5.74) is 5.61. The summed E-state index contributed by atoms with van der Waals surface area (Å²) in [4.78, 5) is 4.40. The lowest BCUT2D eigenvalue weighted by molar-refractivity contribution is 0.253. The number of aliphatic hydroxyl groups excluding tert-OH is 1. The van der Waals surface area contributed by atoms with Gasteiger partial charge in [-0.05, 0) is 97.4 Å². The second-order valence-electron chi connectivity index (χ2n) is 9.45. The van der Waals surface area contributed by atoms with Crippen LogP contribution in [-0.2, 0) is 13.0 Å². The summed E-state index contributed by atoms with van der Waals surface area (Å²) in [5.74, 6) is 1.34. The van der Waals surface area contributed by atoms with Crippen LogP contribution in [-0.4, -0.2) is 23.3 Å². The number of halogens is 2. The van der Waals surface area contributed by atoms with E-state index in [1.54, 1.807) is 0 Å². The second-order valence-corrected chi connectivity index (χ2v) is 9.45. The van der Waals surface area contributed by atoms with Gasteiger partial charge in [-0.2, -0.15) is 0 Å². The molecule has 2 atom stereocenters. The quantitative estimate of drug-likeness (QED) is 0.392. The zero-order valence-corrected chi connectivity index (χ0v) is 19.5. The molecule has 0 aliphatic heterocycles. The highest BCUT2D eigenvalue weighted by Crippen LogP contribution is 2.56. The highest BCUT2D eigenvalue weighted by Gasteiger charge is 2.45. The fourth-order valence-electron chi connectivity index (χ4n) is 5.10. The minimum absolute atomic E-state index is 0.0259.